The van der Waals surface area contributed by atoms with Crippen LogP contribution in [0.1, 0.15) is 12.5 Å². The summed E-state index contributed by atoms with van der Waals surface area (Å²) in [6.45, 7) is 5.79. The van der Waals surface area contributed by atoms with Crippen molar-refractivity contribution in [3.63, 3.8) is 0 Å². The summed E-state index contributed by atoms with van der Waals surface area (Å²) in [5, 5.41) is 4.12. The van der Waals surface area contributed by atoms with Gasteiger partial charge in [-0.25, -0.2) is 0 Å². The molecule has 0 bridgehead atoms. The van der Waals surface area contributed by atoms with Gasteiger partial charge in [0, 0.05) is 38.4 Å². The molecule has 1 aromatic rings. The Morgan fingerprint density at radius 1 is 1.62 bits per heavy atom. The summed E-state index contributed by atoms with van der Waals surface area (Å²) in [5.41, 5.74) is 6.75. The SMILES string of the molecule is CCN(CCN)Cc1cnn(C)c1. The molecule has 0 unspecified atom stereocenters. The van der Waals surface area contributed by atoms with Gasteiger partial charge < -0.3 is 5.73 Å². The Balaban J connectivity index is 2.46. The number of aryl methyl sites for hydroxylation is 1. The van der Waals surface area contributed by atoms with Crippen LogP contribution in [0.5, 0.6) is 0 Å². The topological polar surface area (TPSA) is 47.1 Å². The molecule has 1 rings (SSSR count). The smallest absolute Gasteiger partial charge is 0.0534 e. The first-order valence-corrected chi connectivity index (χ1v) is 4.66. The summed E-state index contributed by atoms with van der Waals surface area (Å²) in [7, 11) is 1.93. The molecule has 0 aliphatic carbocycles. The maximum Gasteiger partial charge on any atom is 0.0534 e. The van der Waals surface area contributed by atoms with E-state index in [1.165, 1.54) is 5.56 Å². The zero-order chi connectivity index (χ0) is 9.68. The van der Waals surface area contributed by atoms with E-state index < -0.39 is 0 Å². The highest BCUT2D eigenvalue weighted by Crippen LogP contribution is 2.01. The van der Waals surface area contributed by atoms with E-state index in [-0.39, 0.29) is 0 Å². The predicted molar refractivity (Wildman–Crippen MR) is 53.2 cm³/mol. The number of likely N-dealkylation sites (N-methyl/N-ethyl adjacent to an activating group) is 1. The molecule has 74 valence electrons. The molecule has 0 atom stereocenters. The lowest BCUT2D eigenvalue weighted by molar-refractivity contribution is 0.288. The first-order chi connectivity index (χ1) is 6.26. The number of nitrogens with two attached hydrogens (primary N) is 1. The third kappa shape index (κ3) is 3.16. The molecule has 0 saturated carbocycles. The van der Waals surface area contributed by atoms with Gasteiger partial charge in [-0.1, -0.05) is 6.92 Å². The monoisotopic (exact) mass is 182 g/mol. The Morgan fingerprint density at radius 2 is 2.38 bits per heavy atom. The van der Waals surface area contributed by atoms with Crippen LogP contribution in [0.2, 0.25) is 0 Å². The molecule has 4 nitrogen and oxygen atoms in total. The molecule has 0 fully saturated rings. The van der Waals surface area contributed by atoms with Gasteiger partial charge in [-0.15, -0.1) is 0 Å². The van der Waals surface area contributed by atoms with Crippen molar-refractivity contribution in [2.45, 2.75) is 13.5 Å². The van der Waals surface area contributed by atoms with Crippen molar-refractivity contribution in [2.75, 3.05) is 19.6 Å². The van der Waals surface area contributed by atoms with Crippen LogP contribution in [0.3, 0.4) is 0 Å². The van der Waals surface area contributed by atoms with Crippen molar-refractivity contribution in [3.8, 4) is 0 Å². The van der Waals surface area contributed by atoms with E-state index in [1.54, 1.807) is 0 Å². The van der Waals surface area contributed by atoms with Gasteiger partial charge in [0.2, 0.25) is 0 Å². The van der Waals surface area contributed by atoms with Crippen molar-refractivity contribution >= 4 is 0 Å². The number of hydrogen-bond acceptors (Lipinski definition) is 3. The van der Waals surface area contributed by atoms with Gasteiger partial charge in [-0.05, 0) is 6.54 Å². The molecule has 13 heavy (non-hydrogen) atoms. The summed E-state index contributed by atoms with van der Waals surface area (Å²) >= 11 is 0. The van der Waals surface area contributed by atoms with Crippen LogP contribution in [0.25, 0.3) is 0 Å². The van der Waals surface area contributed by atoms with E-state index in [2.05, 4.69) is 16.9 Å². The Hall–Kier alpha value is -0.870. The van der Waals surface area contributed by atoms with Gasteiger partial charge in [0.25, 0.3) is 0 Å². The molecule has 0 aliphatic heterocycles. The minimum absolute atomic E-state index is 0.716. The highest BCUT2D eigenvalue weighted by molar-refractivity contribution is 5.03. The minimum atomic E-state index is 0.716. The summed E-state index contributed by atoms with van der Waals surface area (Å²) in [4.78, 5) is 2.30. The van der Waals surface area contributed by atoms with Crippen LogP contribution in [0.15, 0.2) is 12.4 Å². The molecular formula is C9H18N4. The number of rotatable bonds is 5. The quantitative estimate of drug-likeness (QED) is 0.707. The second-order valence-electron chi connectivity index (χ2n) is 3.18. The summed E-state index contributed by atoms with van der Waals surface area (Å²) in [6, 6.07) is 0. The van der Waals surface area contributed by atoms with Crippen LogP contribution in [0.4, 0.5) is 0 Å². The van der Waals surface area contributed by atoms with Gasteiger partial charge in [-0.3, -0.25) is 9.58 Å². The number of aromatic nitrogens is 2. The first-order valence-electron chi connectivity index (χ1n) is 4.66. The van der Waals surface area contributed by atoms with Crippen molar-refractivity contribution in [3.05, 3.63) is 18.0 Å². The molecule has 0 saturated heterocycles. The average Bonchev–Trinajstić information content (AvgIpc) is 2.50. The maximum absolute atomic E-state index is 5.50. The fourth-order valence-corrected chi connectivity index (χ4v) is 1.34. The number of hydrogen-bond donors (Lipinski definition) is 1. The molecule has 2 N–H and O–H groups in total. The van der Waals surface area contributed by atoms with Crippen LogP contribution in [-0.2, 0) is 13.6 Å². The fourth-order valence-electron chi connectivity index (χ4n) is 1.34. The molecule has 0 aromatic carbocycles. The van der Waals surface area contributed by atoms with Crippen LogP contribution < -0.4 is 5.73 Å². The first kappa shape index (κ1) is 10.2. The normalized spacial score (nSPS) is 11.1. The van der Waals surface area contributed by atoms with Crippen molar-refractivity contribution in [2.24, 2.45) is 12.8 Å². The summed E-state index contributed by atoms with van der Waals surface area (Å²) in [6.07, 6.45) is 3.94. The number of nitrogens with zero attached hydrogens (tertiary/aromatic N) is 3. The minimum Gasteiger partial charge on any atom is -0.329 e. The van der Waals surface area contributed by atoms with E-state index in [0.29, 0.717) is 6.54 Å². The van der Waals surface area contributed by atoms with Gasteiger partial charge in [-0.2, -0.15) is 5.10 Å². The molecule has 4 heteroatoms. The fraction of sp³-hybridized carbons (Fsp3) is 0.667. The highest BCUT2D eigenvalue weighted by atomic mass is 15.2. The standard InChI is InChI=1S/C9H18N4/c1-3-13(5-4-10)8-9-6-11-12(2)7-9/h6-7H,3-5,8,10H2,1-2H3. The van der Waals surface area contributed by atoms with E-state index >= 15 is 0 Å². The lowest BCUT2D eigenvalue weighted by Gasteiger charge is -2.17. The average molecular weight is 182 g/mol. The zero-order valence-corrected chi connectivity index (χ0v) is 8.40. The lowest BCUT2D eigenvalue weighted by Crippen LogP contribution is -2.28. The summed E-state index contributed by atoms with van der Waals surface area (Å²) in [5.74, 6) is 0. The highest BCUT2D eigenvalue weighted by Gasteiger charge is 2.03. The Morgan fingerprint density at radius 3 is 2.85 bits per heavy atom. The van der Waals surface area contributed by atoms with Crippen LogP contribution in [0, 0.1) is 0 Å². The zero-order valence-electron chi connectivity index (χ0n) is 8.40. The van der Waals surface area contributed by atoms with Gasteiger partial charge >= 0.3 is 0 Å². The third-order valence-corrected chi connectivity index (χ3v) is 2.06. The molecular weight excluding hydrogens is 164 g/mol. The van der Waals surface area contributed by atoms with Crippen molar-refractivity contribution < 1.29 is 0 Å². The van der Waals surface area contributed by atoms with Gasteiger partial charge in [0.05, 0.1) is 6.20 Å². The summed E-state index contributed by atoms with van der Waals surface area (Å²) < 4.78 is 1.83. The van der Waals surface area contributed by atoms with E-state index in [4.69, 9.17) is 5.73 Å². The van der Waals surface area contributed by atoms with E-state index in [0.717, 1.165) is 19.6 Å². The Kier molecular flexibility index (Phi) is 3.92. The molecule has 1 aromatic heterocycles. The van der Waals surface area contributed by atoms with Gasteiger partial charge in [0.1, 0.15) is 0 Å². The molecule has 1 heterocycles. The molecule has 0 radical (unpaired) electrons. The van der Waals surface area contributed by atoms with Crippen molar-refractivity contribution in [1.29, 1.82) is 0 Å². The molecule has 0 spiro atoms. The van der Waals surface area contributed by atoms with Crippen LogP contribution in [-0.4, -0.2) is 34.3 Å². The maximum atomic E-state index is 5.50. The molecule has 0 aliphatic rings. The van der Waals surface area contributed by atoms with Gasteiger partial charge in [0.15, 0.2) is 0 Å². The van der Waals surface area contributed by atoms with E-state index in [9.17, 15) is 0 Å². The van der Waals surface area contributed by atoms with E-state index in [1.807, 2.05) is 24.1 Å². The molecule has 0 amide bonds. The second kappa shape index (κ2) is 4.99. The van der Waals surface area contributed by atoms with Crippen molar-refractivity contribution in [1.82, 2.24) is 14.7 Å². The van der Waals surface area contributed by atoms with Crippen LogP contribution >= 0.6 is 0 Å². The largest absolute Gasteiger partial charge is 0.329 e. The third-order valence-electron chi connectivity index (χ3n) is 2.06. The second-order valence-corrected chi connectivity index (χ2v) is 3.18. The predicted octanol–water partition coefficient (Wildman–Crippen LogP) is 0.201. The lowest BCUT2D eigenvalue weighted by atomic mass is 10.3. The Labute approximate surface area is 79.3 Å². The Bertz CT molecular complexity index is 244.